The Morgan fingerprint density at radius 3 is 2.67 bits per heavy atom. The molecule has 3 aromatic heterocycles. The molecule has 3 rings (SSSR count). The van der Waals surface area contributed by atoms with Crippen LogP contribution in [0.1, 0.15) is 12.6 Å². The molecule has 24 heavy (non-hydrogen) atoms. The summed E-state index contributed by atoms with van der Waals surface area (Å²) in [6, 6.07) is 3.66. The fourth-order valence-electron chi connectivity index (χ4n) is 2.13. The molecular formula is C14H11F3N4O2S. The minimum absolute atomic E-state index is 0.0316. The van der Waals surface area contributed by atoms with E-state index in [1.54, 1.807) is 0 Å². The number of nitrogens with zero attached hydrogens (tertiary/aromatic N) is 4. The highest BCUT2D eigenvalue weighted by atomic mass is 32.2. The number of rotatable bonds is 3. The summed E-state index contributed by atoms with van der Waals surface area (Å²) >= 11 is 0. The van der Waals surface area contributed by atoms with Crippen LogP contribution in [0.25, 0.3) is 16.7 Å². The van der Waals surface area contributed by atoms with Gasteiger partial charge in [0.15, 0.2) is 15.7 Å². The van der Waals surface area contributed by atoms with Crippen molar-refractivity contribution < 1.29 is 21.6 Å². The Balaban J connectivity index is 2.18. The number of aromatic nitrogens is 4. The summed E-state index contributed by atoms with van der Waals surface area (Å²) in [5, 5.41) is 4.36. The Bertz CT molecular complexity index is 1010. The van der Waals surface area contributed by atoms with Crippen LogP contribution in [0, 0.1) is 0 Å². The van der Waals surface area contributed by atoms with Crippen molar-refractivity contribution in [2.24, 2.45) is 0 Å². The lowest BCUT2D eigenvalue weighted by Crippen LogP contribution is -2.10. The van der Waals surface area contributed by atoms with Crippen LogP contribution < -0.4 is 0 Å². The zero-order valence-electron chi connectivity index (χ0n) is 12.3. The van der Waals surface area contributed by atoms with Crippen molar-refractivity contribution in [2.45, 2.75) is 18.0 Å². The Morgan fingerprint density at radius 2 is 2.00 bits per heavy atom. The SMILES string of the molecule is CCS(=O)(=O)c1cccnc1-n1cc2cnc(C(F)(F)F)cc2n1. The molecule has 3 heterocycles. The minimum Gasteiger partial charge on any atom is -0.251 e. The van der Waals surface area contributed by atoms with Crippen LogP contribution in [0.4, 0.5) is 13.2 Å². The summed E-state index contributed by atoms with van der Waals surface area (Å²) in [5.74, 6) is -0.101. The predicted octanol–water partition coefficient (Wildman–Crippen LogP) is 2.63. The number of hydrogen-bond acceptors (Lipinski definition) is 5. The topological polar surface area (TPSA) is 77.7 Å². The van der Waals surface area contributed by atoms with Crippen molar-refractivity contribution in [1.29, 1.82) is 0 Å². The molecule has 0 aromatic carbocycles. The number of alkyl halides is 3. The van der Waals surface area contributed by atoms with Gasteiger partial charge in [0, 0.05) is 24.0 Å². The van der Waals surface area contributed by atoms with E-state index < -0.39 is 21.7 Å². The Hall–Kier alpha value is -2.49. The maximum absolute atomic E-state index is 12.7. The number of halogens is 3. The van der Waals surface area contributed by atoms with Gasteiger partial charge in [-0.05, 0) is 18.2 Å². The molecule has 3 aromatic rings. The van der Waals surface area contributed by atoms with Gasteiger partial charge in [-0.2, -0.15) is 18.3 Å². The number of fused-ring (bicyclic) bond motifs is 1. The fourth-order valence-corrected chi connectivity index (χ4v) is 3.16. The summed E-state index contributed by atoms with van der Waals surface area (Å²) in [7, 11) is -3.56. The van der Waals surface area contributed by atoms with Crippen LogP contribution >= 0.6 is 0 Å². The largest absolute Gasteiger partial charge is 0.433 e. The van der Waals surface area contributed by atoms with Crippen LogP contribution in [0.5, 0.6) is 0 Å². The molecule has 0 saturated carbocycles. The molecule has 10 heteroatoms. The van der Waals surface area contributed by atoms with Crippen LogP contribution in [-0.2, 0) is 16.0 Å². The van der Waals surface area contributed by atoms with E-state index in [0.29, 0.717) is 5.39 Å². The lowest BCUT2D eigenvalue weighted by atomic mass is 10.3. The highest BCUT2D eigenvalue weighted by molar-refractivity contribution is 7.91. The third-order valence-corrected chi connectivity index (χ3v) is 5.11. The average Bonchev–Trinajstić information content (AvgIpc) is 2.97. The molecule has 126 valence electrons. The minimum atomic E-state index is -4.58. The van der Waals surface area contributed by atoms with Crippen molar-refractivity contribution in [3.8, 4) is 5.82 Å². The van der Waals surface area contributed by atoms with E-state index in [0.717, 1.165) is 16.9 Å². The predicted molar refractivity (Wildman–Crippen MR) is 79.4 cm³/mol. The summed E-state index contributed by atoms with van der Waals surface area (Å²) in [6.45, 7) is 1.49. The van der Waals surface area contributed by atoms with Crippen molar-refractivity contribution in [3.05, 3.63) is 42.5 Å². The van der Waals surface area contributed by atoms with E-state index in [9.17, 15) is 21.6 Å². The second kappa shape index (κ2) is 5.55. The molecule has 0 bridgehead atoms. The molecular weight excluding hydrogens is 345 g/mol. The van der Waals surface area contributed by atoms with Crippen LogP contribution in [-0.4, -0.2) is 33.9 Å². The van der Waals surface area contributed by atoms with E-state index in [1.807, 2.05) is 0 Å². The second-order valence-corrected chi connectivity index (χ2v) is 7.18. The number of pyridine rings is 2. The van der Waals surface area contributed by atoms with Gasteiger partial charge in [-0.3, -0.25) is 4.98 Å². The van der Waals surface area contributed by atoms with Gasteiger partial charge in [-0.25, -0.2) is 18.1 Å². The summed E-state index contributed by atoms with van der Waals surface area (Å²) in [6.07, 6.45) is -0.770. The van der Waals surface area contributed by atoms with E-state index in [2.05, 4.69) is 15.1 Å². The van der Waals surface area contributed by atoms with E-state index >= 15 is 0 Å². The van der Waals surface area contributed by atoms with Crippen LogP contribution in [0.3, 0.4) is 0 Å². The molecule has 0 unspecified atom stereocenters. The Kier molecular flexibility index (Phi) is 3.78. The van der Waals surface area contributed by atoms with E-state index in [1.165, 1.54) is 31.5 Å². The summed E-state index contributed by atoms with van der Waals surface area (Å²) in [4.78, 5) is 7.33. The molecule has 0 aliphatic carbocycles. The molecule has 0 spiro atoms. The van der Waals surface area contributed by atoms with Gasteiger partial charge >= 0.3 is 6.18 Å². The van der Waals surface area contributed by atoms with Gasteiger partial charge in [-0.15, -0.1) is 0 Å². The fraction of sp³-hybridized carbons (Fsp3) is 0.214. The molecule has 0 aliphatic heterocycles. The molecule has 0 N–H and O–H groups in total. The van der Waals surface area contributed by atoms with Gasteiger partial charge in [0.2, 0.25) is 0 Å². The third-order valence-electron chi connectivity index (χ3n) is 3.36. The summed E-state index contributed by atoms with van der Waals surface area (Å²) < 4.78 is 63.6. The highest BCUT2D eigenvalue weighted by Crippen LogP contribution is 2.29. The first kappa shape index (κ1) is 16.4. The van der Waals surface area contributed by atoms with Crippen molar-refractivity contribution in [1.82, 2.24) is 19.7 Å². The first-order chi connectivity index (χ1) is 11.2. The number of hydrogen-bond donors (Lipinski definition) is 0. The lowest BCUT2D eigenvalue weighted by molar-refractivity contribution is -0.141. The first-order valence-electron chi connectivity index (χ1n) is 6.83. The zero-order valence-corrected chi connectivity index (χ0v) is 13.1. The van der Waals surface area contributed by atoms with E-state index in [4.69, 9.17) is 0 Å². The second-order valence-electron chi connectivity index (χ2n) is 4.93. The summed E-state index contributed by atoms with van der Waals surface area (Å²) in [5.41, 5.74) is -1.02. The molecule has 6 nitrogen and oxygen atoms in total. The van der Waals surface area contributed by atoms with E-state index in [-0.39, 0.29) is 22.0 Å². The average molecular weight is 356 g/mol. The van der Waals surface area contributed by atoms with Gasteiger partial charge in [0.25, 0.3) is 0 Å². The normalized spacial score (nSPS) is 12.7. The molecule has 0 amide bonds. The quantitative estimate of drug-likeness (QED) is 0.721. The standard InChI is InChI=1S/C14H11F3N4O2S/c1-2-24(22,23)11-4-3-5-18-13(11)21-8-9-7-19-12(14(15,16)17)6-10(9)20-21/h3-8H,2H2,1H3. The van der Waals surface area contributed by atoms with Crippen molar-refractivity contribution in [3.63, 3.8) is 0 Å². The maximum Gasteiger partial charge on any atom is 0.433 e. The van der Waals surface area contributed by atoms with Crippen LogP contribution in [0.2, 0.25) is 0 Å². The van der Waals surface area contributed by atoms with Gasteiger partial charge in [-0.1, -0.05) is 6.92 Å². The monoisotopic (exact) mass is 356 g/mol. The zero-order chi connectivity index (χ0) is 17.5. The Labute approximate surface area is 134 Å². The maximum atomic E-state index is 12.7. The number of sulfone groups is 1. The Morgan fingerprint density at radius 1 is 1.25 bits per heavy atom. The molecule has 0 aliphatic rings. The molecule has 0 atom stereocenters. The van der Waals surface area contributed by atoms with Gasteiger partial charge in [0.05, 0.1) is 11.3 Å². The van der Waals surface area contributed by atoms with Gasteiger partial charge in [0.1, 0.15) is 10.6 Å². The van der Waals surface area contributed by atoms with Crippen molar-refractivity contribution in [2.75, 3.05) is 5.75 Å². The van der Waals surface area contributed by atoms with Crippen molar-refractivity contribution >= 4 is 20.7 Å². The third kappa shape index (κ3) is 2.84. The van der Waals surface area contributed by atoms with Crippen LogP contribution in [0.15, 0.2) is 41.7 Å². The highest BCUT2D eigenvalue weighted by Gasteiger charge is 2.33. The molecule has 0 fully saturated rings. The van der Waals surface area contributed by atoms with Gasteiger partial charge < -0.3 is 0 Å². The molecule has 0 saturated heterocycles. The smallest absolute Gasteiger partial charge is 0.251 e. The molecule has 0 radical (unpaired) electrons. The first-order valence-corrected chi connectivity index (χ1v) is 8.48. The lowest BCUT2D eigenvalue weighted by Gasteiger charge is -2.07.